The van der Waals surface area contributed by atoms with Gasteiger partial charge in [0.15, 0.2) is 11.6 Å². The molecule has 0 radical (unpaired) electrons. The molecule has 0 bridgehead atoms. The highest BCUT2D eigenvalue weighted by Crippen LogP contribution is 2.31. The van der Waals surface area contributed by atoms with Gasteiger partial charge in [-0.2, -0.15) is 5.26 Å². The van der Waals surface area contributed by atoms with E-state index in [-0.39, 0.29) is 11.4 Å². The third kappa shape index (κ3) is 2.86. The highest BCUT2D eigenvalue weighted by Gasteiger charge is 2.27. The van der Waals surface area contributed by atoms with Crippen LogP contribution in [0.4, 0.5) is 0 Å². The average molecular weight is 261 g/mol. The van der Waals surface area contributed by atoms with Gasteiger partial charge >= 0.3 is 0 Å². The molecule has 1 aromatic rings. The van der Waals surface area contributed by atoms with Gasteiger partial charge in [0.1, 0.15) is 6.07 Å². The Balaban J connectivity index is 2.09. The first-order valence-electron chi connectivity index (χ1n) is 6.02. The zero-order valence-electron chi connectivity index (χ0n) is 10.7. The summed E-state index contributed by atoms with van der Waals surface area (Å²) in [7, 11) is 0. The van der Waals surface area contributed by atoms with Gasteiger partial charge in [-0.3, -0.25) is 4.79 Å². The van der Waals surface area contributed by atoms with Gasteiger partial charge in [-0.25, -0.2) is 4.98 Å². The Morgan fingerprint density at radius 1 is 1.50 bits per heavy atom. The topological polar surface area (TPSA) is 69.5 Å². The molecule has 96 valence electrons. The number of aromatic amines is 1. The number of H-pyrrole nitrogens is 1. The summed E-state index contributed by atoms with van der Waals surface area (Å²) in [6.07, 6.45) is 14.5. The summed E-state index contributed by atoms with van der Waals surface area (Å²) in [5.74, 6) is 8.78. The molecule has 4 nitrogen and oxygen atoms in total. The first-order valence-corrected chi connectivity index (χ1v) is 6.02. The summed E-state index contributed by atoms with van der Waals surface area (Å²) >= 11 is 0. The Hall–Kier alpha value is -3.03. The van der Waals surface area contributed by atoms with E-state index in [4.69, 9.17) is 11.7 Å². The summed E-state index contributed by atoms with van der Waals surface area (Å²) in [6, 6.07) is 1.87. The van der Waals surface area contributed by atoms with Gasteiger partial charge in [0.05, 0.1) is 11.0 Å². The summed E-state index contributed by atoms with van der Waals surface area (Å²) < 4.78 is 0. The van der Waals surface area contributed by atoms with Crippen LogP contribution in [0, 0.1) is 40.9 Å². The van der Waals surface area contributed by atoms with Gasteiger partial charge in [-0.1, -0.05) is 17.9 Å². The maximum absolute atomic E-state index is 11.4. The minimum atomic E-state index is -0.711. The van der Waals surface area contributed by atoms with Crippen LogP contribution in [0.15, 0.2) is 36.2 Å². The highest BCUT2D eigenvalue weighted by molar-refractivity contribution is 6.08. The van der Waals surface area contributed by atoms with Crippen molar-refractivity contribution < 1.29 is 4.79 Å². The second kappa shape index (κ2) is 5.74. The zero-order valence-corrected chi connectivity index (χ0v) is 10.7. The van der Waals surface area contributed by atoms with Crippen LogP contribution in [0.1, 0.15) is 18.7 Å². The number of carbonyl (C=O) groups is 1. The van der Waals surface area contributed by atoms with Crippen molar-refractivity contribution in [2.24, 2.45) is 5.41 Å². The number of ketones is 1. The zero-order chi connectivity index (χ0) is 14.4. The van der Waals surface area contributed by atoms with Crippen molar-refractivity contribution in [3.63, 3.8) is 0 Å². The van der Waals surface area contributed by atoms with Gasteiger partial charge in [0, 0.05) is 18.8 Å². The first-order chi connectivity index (χ1) is 9.69. The predicted molar refractivity (Wildman–Crippen MR) is 73.8 cm³/mol. The normalized spacial score (nSPS) is 20.3. The van der Waals surface area contributed by atoms with Gasteiger partial charge in [-0.15, -0.1) is 6.42 Å². The molecule has 0 saturated heterocycles. The number of terminal acetylenes is 1. The lowest BCUT2D eigenvalue weighted by atomic mass is 9.78. The molecule has 1 N–H and O–H groups in total. The summed E-state index contributed by atoms with van der Waals surface area (Å²) in [4.78, 5) is 18.3. The van der Waals surface area contributed by atoms with Crippen LogP contribution < -0.4 is 0 Å². The van der Waals surface area contributed by atoms with Gasteiger partial charge in [0.25, 0.3) is 0 Å². The number of nitrogens with zero attached hydrogens (tertiary/aromatic N) is 2. The van der Waals surface area contributed by atoms with E-state index in [9.17, 15) is 4.79 Å². The maximum Gasteiger partial charge on any atom is 0.195 e. The predicted octanol–water partition coefficient (Wildman–Crippen LogP) is 1.75. The fraction of sp³-hybridized carbons (Fsp3) is 0.188. The molecule has 0 amide bonds. The minimum absolute atomic E-state index is 0.0874. The number of rotatable bonds is 2. The van der Waals surface area contributed by atoms with E-state index in [0.717, 1.165) is 0 Å². The molecule has 0 aromatic carbocycles. The van der Waals surface area contributed by atoms with Crippen LogP contribution in [0.3, 0.4) is 0 Å². The van der Waals surface area contributed by atoms with Crippen LogP contribution in [0.5, 0.6) is 0 Å². The lowest BCUT2D eigenvalue weighted by molar-refractivity contribution is -0.111. The van der Waals surface area contributed by atoms with Crippen molar-refractivity contribution in [2.75, 3.05) is 0 Å². The third-order valence-corrected chi connectivity index (χ3v) is 2.96. The van der Waals surface area contributed by atoms with Crippen LogP contribution >= 0.6 is 0 Å². The standard InChI is InChI=1S/C16H11N3O/c1-2-16(8-6-14(20)13(11-16)12-17)7-4-3-5-15-18-9-10-19-15/h1,6,8-11H,4,7H2,(H,18,19). The number of nitrogens with one attached hydrogen (secondary N) is 1. The minimum Gasteiger partial charge on any atom is -0.338 e. The number of imidazole rings is 1. The van der Waals surface area contributed by atoms with E-state index in [1.807, 2.05) is 6.07 Å². The second-order valence-electron chi connectivity index (χ2n) is 4.29. The molecule has 1 aliphatic carbocycles. The quantitative estimate of drug-likeness (QED) is 0.824. The molecule has 0 spiro atoms. The van der Waals surface area contributed by atoms with Crippen molar-refractivity contribution in [1.82, 2.24) is 9.97 Å². The molecule has 1 unspecified atom stereocenters. The van der Waals surface area contributed by atoms with Crippen LogP contribution in [0.2, 0.25) is 0 Å². The number of aromatic nitrogens is 2. The number of hydrogen-bond acceptors (Lipinski definition) is 3. The van der Waals surface area contributed by atoms with Gasteiger partial charge < -0.3 is 4.98 Å². The fourth-order valence-electron chi connectivity index (χ4n) is 1.84. The van der Waals surface area contributed by atoms with Crippen molar-refractivity contribution in [3.05, 3.63) is 42.0 Å². The lowest BCUT2D eigenvalue weighted by Gasteiger charge is -2.22. The molecule has 1 aromatic heterocycles. The lowest BCUT2D eigenvalue weighted by Crippen LogP contribution is -2.19. The molecule has 1 aliphatic rings. The van der Waals surface area contributed by atoms with Crippen LogP contribution in [-0.2, 0) is 4.79 Å². The maximum atomic E-state index is 11.4. The average Bonchev–Trinajstić information content (AvgIpc) is 2.99. The van der Waals surface area contributed by atoms with Gasteiger partial charge in [0.2, 0.25) is 0 Å². The van der Waals surface area contributed by atoms with Crippen LogP contribution in [-0.4, -0.2) is 15.8 Å². The molecular weight excluding hydrogens is 250 g/mol. The Kier molecular flexibility index (Phi) is 3.85. The third-order valence-electron chi connectivity index (χ3n) is 2.96. The number of allylic oxidation sites excluding steroid dienone is 4. The van der Waals surface area contributed by atoms with E-state index >= 15 is 0 Å². The summed E-state index contributed by atoms with van der Waals surface area (Å²) in [5, 5.41) is 8.90. The molecule has 1 heterocycles. The van der Waals surface area contributed by atoms with Gasteiger partial charge in [-0.05, 0) is 24.5 Å². The molecule has 4 heteroatoms. The van der Waals surface area contributed by atoms with Crippen molar-refractivity contribution in [1.29, 1.82) is 5.26 Å². The molecule has 20 heavy (non-hydrogen) atoms. The van der Waals surface area contributed by atoms with Crippen molar-refractivity contribution >= 4 is 5.78 Å². The Labute approximate surface area is 117 Å². The summed E-state index contributed by atoms with van der Waals surface area (Å²) in [6.45, 7) is 0. The second-order valence-corrected chi connectivity index (χ2v) is 4.29. The molecule has 0 aliphatic heterocycles. The number of hydrogen-bond donors (Lipinski definition) is 1. The van der Waals surface area contributed by atoms with E-state index in [1.165, 1.54) is 6.08 Å². The Bertz CT molecular complexity index is 714. The molecule has 0 fully saturated rings. The highest BCUT2D eigenvalue weighted by atomic mass is 16.1. The van der Waals surface area contributed by atoms with E-state index in [1.54, 1.807) is 24.5 Å². The number of nitriles is 1. The summed E-state index contributed by atoms with van der Waals surface area (Å²) in [5.41, 5.74) is -0.624. The van der Waals surface area contributed by atoms with E-state index < -0.39 is 5.41 Å². The SMILES string of the molecule is C#CC1(CCC#Cc2ncc[nH]2)C=CC(=O)C(C#N)=C1. The van der Waals surface area contributed by atoms with E-state index in [0.29, 0.717) is 18.7 Å². The van der Waals surface area contributed by atoms with Crippen molar-refractivity contribution in [2.45, 2.75) is 12.8 Å². The first kappa shape index (κ1) is 13.4. The molecule has 0 saturated carbocycles. The smallest absolute Gasteiger partial charge is 0.195 e. The Morgan fingerprint density at radius 2 is 2.35 bits per heavy atom. The van der Waals surface area contributed by atoms with Crippen LogP contribution in [0.25, 0.3) is 0 Å². The van der Waals surface area contributed by atoms with E-state index in [2.05, 4.69) is 27.7 Å². The largest absolute Gasteiger partial charge is 0.338 e. The monoisotopic (exact) mass is 261 g/mol. The molecule has 1 atom stereocenters. The molecular formula is C16H11N3O. The Morgan fingerprint density at radius 3 is 3.00 bits per heavy atom. The molecule has 2 rings (SSSR count). The fourth-order valence-corrected chi connectivity index (χ4v) is 1.84. The number of carbonyl (C=O) groups excluding carboxylic acids is 1. The van der Waals surface area contributed by atoms with Crippen molar-refractivity contribution in [3.8, 4) is 30.3 Å².